The van der Waals surface area contributed by atoms with E-state index < -0.39 is 0 Å². The Morgan fingerprint density at radius 1 is 0.571 bits per heavy atom. The third-order valence-corrected chi connectivity index (χ3v) is 13.6. The van der Waals surface area contributed by atoms with Crippen molar-refractivity contribution >= 4 is 56.9 Å². The van der Waals surface area contributed by atoms with Gasteiger partial charge in [0.05, 0.1) is 20.9 Å². The molecule has 0 aliphatic heterocycles. The predicted octanol–water partition coefficient (Wildman–Crippen LogP) is 12.2. The summed E-state index contributed by atoms with van der Waals surface area (Å²) in [4.78, 5) is 38.5. The Morgan fingerprint density at radius 3 is 1.33 bits per heavy atom. The number of hydrogen-bond acceptors (Lipinski definition) is 6. The molecule has 1 aliphatic carbocycles. The van der Waals surface area contributed by atoms with E-state index in [-0.39, 0.29) is 11.6 Å². The molecule has 224 valence electrons. The van der Waals surface area contributed by atoms with Gasteiger partial charge >= 0.3 is 0 Å². The van der Waals surface area contributed by atoms with E-state index in [9.17, 15) is 9.59 Å². The van der Waals surface area contributed by atoms with Crippen molar-refractivity contribution in [3.05, 3.63) is 66.0 Å². The first-order valence-electron chi connectivity index (χ1n) is 15.8. The molecule has 4 aromatic heterocycles. The molecule has 42 heavy (non-hydrogen) atoms. The number of fused-ring (bicyclic) bond motifs is 2. The minimum Gasteiger partial charge on any atom is -0.288 e. The zero-order chi connectivity index (χ0) is 30.0. The molecule has 5 rings (SSSR count). The van der Waals surface area contributed by atoms with Crippen LogP contribution in [0.25, 0.3) is 19.5 Å². The molecule has 1 aliphatic rings. The average molecular weight is 637 g/mol. The van der Waals surface area contributed by atoms with Gasteiger partial charge in [0.15, 0.2) is 11.6 Å². The molecule has 2 atom stereocenters. The van der Waals surface area contributed by atoms with Crippen LogP contribution in [0.15, 0.2) is 24.3 Å². The fourth-order valence-electron chi connectivity index (χ4n) is 6.28. The van der Waals surface area contributed by atoms with Gasteiger partial charge < -0.3 is 0 Å². The maximum Gasteiger partial charge on any atom is 0.197 e. The largest absolute Gasteiger partial charge is 0.288 e. The van der Waals surface area contributed by atoms with E-state index in [2.05, 4.69) is 65.8 Å². The number of rotatable bonds is 14. The number of aryl methyl sites for hydroxylation is 2. The van der Waals surface area contributed by atoms with Gasteiger partial charge in [0.2, 0.25) is 0 Å². The van der Waals surface area contributed by atoms with Gasteiger partial charge in [-0.25, -0.2) is 0 Å². The van der Waals surface area contributed by atoms with E-state index >= 15 is 0 Å². The maximum atomic E-state index is 14.8. The Kier molecular flexibility index (Phi) is 10.4. The molecule has 2 nitrogen and oxygen atoms in total. The fraction of sp³-hybridized carbons (Fsp3) is 0.500. The molecule has 4 aromatic rings. The summed E-state index contributed by atoms with van der Waals surface area (Å²) in [5.41, 5.74) is 2.80. The van der Waals surface area contributed by atoms with Crippen molar-refractivity contribution in [3.8, 4) is 19.5 Å². The van der Waals surface area contributed by atoms with E-state index in [4.69, 9.17) is 0 Å². The molecule has 6 heteroatoms. The first-order valence-corrected chi connectivity index (χ1v) is 19.1. The molecular weight excluding hydrogens is 593 g/mol. The SMILES string of the molecule is CCCCC(CC)Cc1sc(CC(CC)CCCC)c2c1C(=O)c1c(-c3ccc(C)s3)sc(-c3ccc(C)s3)c1C2=O. The van der Waals surface area contributed by atoms with Crippen LogP contribution in [0.4, 0.5) is 0 Å². The topological polar surface area (TPSA) is 34.1 Å². The van der Waals surface area contributed by atoms with Gasteiger partial charge in [0.1, 0.15) is 0 Å². The molecule has 0 spiro atoms. The Bertz CT molecular complexity index is 1450. The van der Waals surface area contributed by atoms with Crippen LogP contribution in [-0.4, -0.2) is 11.6 Å². The molecule has 4 heterocycles. The molecule has 0 fully saturated rings. The van der Waals surface area contributed by atoms with E-state index in [0.717, 1.165) is 66.1 Å². The summed E-state index contributed by atoms with van der Waals surface area (Å²) in [5.74, 6) is 1.25. The van der Waals surface area contributed by atoms with E-state index in [1.165, 1.54) is 48.3 Å². The third-order valence-electron chi connectivity index (χ3n) is 8.83. The van der Waals surface area contributed by atoms with Gasteiger partial charge in [0, 0.05) is 40.4 Å². The number of hydrogen-bond donors (Lipinski definition) is 0. The second-order valence-corrected chi connectivity index (χ2v) is 16.7. The number of carbonyl (C=O) groups is 2. The summed E-state index contributed by atoms with van der Waals surface area (Å²) in [6.45, 7) is 13.3. The molecule has 0 aromatic carbocycles. The van der Waals surface area contributed by atoms with Gasteiger partial charge in [-0.1, -0.05) is 79.1 Å². The van der Waals surface area contributed by atoms with Gasteiger partial charge in [0.25, 0.3) is 0 Å². The zero-order valence-electron chi connectivity index (χ0n) is 26.0. The molecule has 0 saturated heterocycles. The Labute approximate surface area is 268 Å². The summed E-state index contributed by atoms with van der Waals surface area (Å²) < 4.78 is 0. The van der Waals surface area contributed by atoms with E-state index in [0.29, 0.717) is 23.0 Å². The lowest BCUT2D eigenvalue weighted by molar-refractivity contribution is 0.0980. The van der Waals surface area contributed by atoms with E-state index in [1.54, 1.807) is 45.3 Å². The molecule has 0 radical (unpaired) electrons. The summed E-state index contributed by atoms with van der Waals surface area (Å²) in [7, 11) is 0. The van der Waals surface area contributed by atoms with Crippen LogP contribution in [0.3, 0.4) is 0 Å². The molecule has 0 N–H and O–H groups in total. The molecule has 0 bridgehead atoms. The van der Waals surface area contributed by atoms with Crippen molar-refractivity contribution < 1.29 is 9.59 Å². The first kappa shape index (κ1) is 31.6. The van der Waals surface area contributed by atoms with Crippen molar-refractivity contribution in [2.75, 3.05) is 0 Å². The molecular formula is C36H44O2S4. The minimum absolute atomic E-state index is 0.0842. The lowest BCUT2D eigenvalue weighted by Gasteiger charge is -2.19. The third kappa shape index (κ3) is 6.20. The van der Waals surface area contributed by atoms with Crippen LogP contribution in [0.1, 0.15) is 130 Å². The number of thiophene rings is 4. The number of carbonyl (C=O) groups excluding carboxylic acids is 2. The highest BCUT2D eigenvalue weighted by Gasteiger charge is 2.42. The molecule has 0 saturated carbocycles. The van der Waals surface area contributed by atoms with Crippen LogP contribution in [-0.2, 0) is 12.8 Å². The normalized spacial score (nSPS) is 14.3. The minimum atomic E-state index is 0.0842. The summed E-state index contributed by atoms with van der Waals surface area (Å²) in [5, 5.41) is 0. The summed E-state index contributed by atoms with van der Waals surface area (Å²) in [6.07, 6.45) is 11.1. The average Bonchev–Trinajstić information content (AvgIpc) is 3.77. The Morgan fingerprint density at radius 2 is 1.00 bits per heavy atom. The Balaban J connectivity index is 1.69. The number of unbranched alkanes of at least 4 members (excludes halogenated alkanes) is 2. The quantitative estimate of drug-likeness (QED) is 0.121. The van der Waals surface area contributed by atoms with Crippen LogP contribution in [0, 0.1) is 25.7 Å². The smallest absolute Gasteiger partial charge is 0.197 e. The van der Waals surface area contributed by atoms with Gasteiger partial charge in [-0.3, -0.25) is 9.59 Å². The summed E-state index contributed by atoms with van der Waals surface area (Å²) >= 11 is 6.87. The summed E-state index contributed by atoms with van der Waals surface area (Å²) in [6, 6.07) is 8.49. The van der Waals surface area contributed by atoms with Crippen molar-refractivity contribution in [3.63, 3.8) is 0 Å². The highest BCUT2D eigenvalue weighted by Crippen LogP contribution is 2.51. The van der Waals surface area contributed by atoms with Gasteiger partial charge in [-0.15, -0.1) is 45.3 Å². The fourth-order valence-corrected chi connectivity index (χ4v) is 11.1. The lowest BCUT2D eigenvalue weighted by Crippen LogP contribution is -2.22. The van der Waals surface area contributed by atoms with Crippen LogP contribution < -0.4 is 0 Å². The van der Waals surface area contributed by atoms with Crippen LogP contribution in [0.5, 0.6) is 0 Å². The highest BCUT2D eigenvalue weighted by atomic mass is 32.1. The number of ketones is 2. The van der Waals surface area contributed by atoms with Gasteiger partial charge in [-0.05, 0) is 62.8 Å². The Hall–Kier alpha value is -1.86. The molecule has 0 amide bonds. The lowest BCUT2D eigenvalue weighted by atomic mass is 9.81. The van der Waals surface area contributed by atoms with Crippen molar-refractivity contribution in [1.82, 2.24) is 0 Å². The maximum absolute atomic E-state index is 14.8. The zero-order valence-corrected chi connectivity index (χ0v) is 29.3. The first-order chi connectivity index (χ1) is 20.3. The second kappa shape index (κ2) is 13.8. The molecule has 2 unspecified atom stereocenters. The van der Waals surface area contributed by atoms with Crippen molar-refractivity contribution in [1.29, 1.82) is 0 Å². The monoisotopic (exact) mass is 636 g/mol. The van der Waals surface area contributed by atoms with Crippen molar-refractivity contribution in [2.24, 2.45) is 11.8 Å². The standard InChI is InChI=1S/C36H44O2S4/c1-7-11-13-23(9-3)19-27-29-30(28(41-27)20-24(10-4)14-12-8-2)34(38)32-31(33(29)37)35(25-17-15-21(5)39-25)42-36(32)26-18-16-22(6)40-26/h15-18,23-24H,7-14,19-20H2,1-6H3. The van der Waals surface area contributed by atoms with Crippen LogP contribution >= 0.6 is 45.3 Å². The second-order valence-electron chi connectivity index (χ2n) is 11.9. The van der Waals surface area contributed by atoms with Crippen molar-refractivity contribution in [2.45, 2.75) is 106 Å². The predicted molar refractivity (Wildman–Crippen MR) is 186 cm³/mol. The van der Waals surface area contributed by atoms with Crippen LogP contribution in [0.2, 0.25) is 0 Å². The van der Waals surface area contributed by atoms with Gasteiger partial charge in [-0.2, -0.15) is 0 Å². The van der Waals surface area contributed by atoms with E-state index in [1.807, 2.05) is 0 Å². The highest BCUT2D eigenvalue weighted by molar-refractivity contribution is 7.27.